The molecule has 0 spiro atoms. The molecule has 0 bridgehead atoms. The summed E-state index contributed by atoms with van der Waals surface area (Å²) in [6.07, 6.45) is -5.55. The van der Waals surface area contributed by atoms with Crippen molar-refractivity contribution in [2.75, 3.05) is 6.54 Å². The lowest BCUT2D eigenvalue weighted by molar-refractivity contribution is -0.135. The Bertz CT molecular complexity index is 632. The summed E-state index contributed by atoms with van der Waals surface area (Å²) in [5.74, 6) is -0.686. The van der Waals surface area contributed by atoms with Crippen LogP contribution in [0.4, 0.5) is 13.2 Å². The minimum atomic E-state index is -4.28. The Labute approximate surface area is 127 Å². The summed E-state index contributed by atoms with van der Waals surface area (Å²) in [5.41, 5.74) is -0.0199. The maximum Gasteiger partial charge on any atom is 0.389 e. The highest BCUT2D eigenvalue weighted by Gasteiger charge is 2.26. The maximum atomic E-state index is 12.0. The second kappa shape index (κ2) is 6.75. The number of alkyl halides is 3. The van der Waals surface area contributed by atoms with Crippen molar-refractivity contribution in [3.8, 4) is 0 Å². The van der Waals surface area contributed by atoms with E-state index in [-0.39, 0.29) is 23.4 Å². The summed E-state index contributed by atoms with van der Waals surface area (Å²) in [7, 11) is -3.97. The predicted octanol–water partition coefficient (Wildman–Crippen LogP) is 2.17. The molecule has 1 aromatic rings. The fourth-order valence-electron chi connectivity index (χ4n) is 1.44. The Kier molecular flexibility index (Phi) is 5.76. The van der Waals surface area contributed by atoms with E-state index in [0.29, 0.717) is 4.47 Å². The summed E-state index contributed by atoms with van der Waals surface area (Å²) in [6.45, 7) is -0.176. The van der Waals surface area contributed by atoms with Crippen LogP contribution in [0.25, 0.3) is 0 Å². The molecule has 5 nitrogen and oxygen atoms in total. The number of hydrogen-bond donors (Lipinski definition) is 2. The van der Waals surface area contributed by atoms with E-state index in [1.165, 1.54) is 12.1 Å². The van der Waals surface area contributed by atoms with Gasteiger partial charge in [0.2, 0.25) is 10.0 Å². The van der Waals surface area contributed by atoms with Gasteiger partial charge in [-0.3, -0.25) is 4.79 Å². The van der Waals surface area contributed by atoms with Crippen molar-refractivity contribution < 1.29 is 26.4 Å². The van der Waals surface area contributed by atoms with E-state index in [0.717, 1.165) is 6.07 Å². The lowest BCUT2D eigenvalue weighted by atomic mass is 10.2. The third-order valence-electron chi connectivity index (χ3n) is 2.43. The topological polar surface area (TPSA) is 89.3 Å². The van der Waals surface area contributed by atoms with Crippen LogP contribution in [0.2, 0.25) is 0 Å². The van der Waals surface area contributed by atoms with E-state index in [1.807, 2.05) is 0 Å². The van der Waals surface area contributed by atoms with E-state index in [9.17, 15) is 26.4 Å². The maximum absolute atomic E-state index is 12.0. The Hall–Kier alpha value is -1.13. The van der Waals surface area contributed by atoms with Crippen LogP contribution in [-0.4, -0.2) is 27.0 Å². The predicted molar refractivity (Wildman–Crippen MR) is 73.1 cm³/mol. The number of rotatable bonds is 5. The van der Waals surface area contributed by atoms with Crippen molar-refractivity contribution in [3.63, 3.8) is 0 Å². The third-order valence-corrected chi connectivity index (χ3v) is 4.04. The molecule has 3 N–H and O–H groups in total. The zero-order valence-electron chi connectivity index (χ0n) is 10.6. The van der Waals surface area contributed by atoms with Crippen LogP contribution >= 0.6 is 15.9 Å². The number of sulfonamides is 1. The van der Waals surface area contributed by atoms with Gasteiger partial charge in [-0.1, -0.05) is 0 Å². The molecular formula is C11H12BrF3N2O3S. The molecule has 0 radical (unpaired) electrons. The molecule has 0 aromatic heterocycles. The van der Waals surface area contributed by atoms with Crippen LogP contribution in [0.15, 0.2) is 27.6 Å². The van der Waals surface area contributed by atoms with Crippen LogP contribution in [-0.2, 0) is 10.0 Å². The number of carbonyl (C=O) groups excluding carboxylic acids is 1. The quantitative estimate of drug-likeness (QED) is 0.757. The van der Waals surface area contributed by atoms with Gasteiger partial charge in [-0.15, -0.1) is 0 Å². The van der Waals surface area contributed by atoms with Gasteiger partial charge in [-0.2, -0.15) is 13.2 Å². The van der Waals surface area contributed by atoms with Gasteiger partial charge >= 0.3 is 6.18 Å². The summed E-state index contributed by atoms with van der Waals surface area (Å²) in [6, 6.07) is 3.59. The molecule has 0 fully saturated rings. The Morgan fingerprint density at radius 1 is 1.33 bits per heavy atom. The fraction of sp³-hybridized carbons (Fsp3) is 0.364. The Morgan fingerprint density at radius 3 is 2.48 bits per heavy atom. The zero-order chi connectivity index (χ0) is 16.3. The fourth-order valence-corrected chi connectivity index (χ4v) is 2.41. The Morgan fingerprint density at radius 2 is 1.95 bits per heavy atom. The summed E-state index contributed by atoms with van der Waals surface area (Å²) in [5, 5.41) is 7.23. The molecule has 1 rings (SSSR count). The molecule has 0 unspecified atom stereocenters. The summed E-state index contributed by atoms with van der Waals surface area (Å²) in [4.78, 5) is 11.6. The van der Waals surface area contributed by atoms with Crippen molar-refractivity contribution in [2.24, 2.45) is 5.14 Å². The van der Waals surface area contributed by atoms with E-state index >= 15 is 0 Å². The van der Waals surface area contributed by atoms with Crippen molar-refractivity contribution in [1.29, 1.82) is 0 Å². The normalized spacial score (nSPS) is 12.2. The Balaban J connectivity index is 2.74. The van der Waals surface area contributed by atoms with Crippen molar-refractivity contribution in [3.05, 3.63) is 28.2 Å². The highest BCUT2D eigenvalue weighted by molar-refractivity contribution is 9.10. The average Bonchev–Trinajstić information content (AvgIpc) is 2.32. The molecule has 0 saturated heterocycles. The van der Waals surface area contributed by atoms with Gasteiger partial charge in [0, 0.05) is 17.4 Å². The first kappa shape index (κ1) is 17.9. The molecular weight excluding hydrogens is 377 g/mol. The van der Waals surface area contributed by atoms with Crippen molar-refractivity contribution >= 4 is 31.9 Å². The molecule has 1 amide bonds. The van der Waals surface area contributed by atoms with Crippen LogP contribution in [0.5, 0.6) is 0 Å². The number of hydrogen-bond acceptors (Lipinski definition) is 3. The minimum absolute atomic E-state index is 0.0199. The molecule has 0 atom stereocenters. The lowest BCUT2D eigenvalue weighted by Crippen LogP contribution is -2.26. The third kappa shape index (κ3) is 6.02. The first-order chi connectivity index (χ1) is 9.50. The molecule has 0 heterocycles. The smallest absolute Gasteiger partial charge is 0.352 e. The number of amides is 1. The van der Waals surface area contributed by atoms with E-state index < -0.39 is 28.5 Å². The first-order valence-electron chi connectivity index (χ1n) is 5.68. The number of benzene rings is 1. The van der Waals surface area contributed by atoms with Gasteiger partial charge in [0.05, 0.1) is 10.5 Å². The number of carbonyl (C=O) groups is 1. The first-order valence-corrected chi connectivity index (χ1v) is 8.02. The van der Waals surface area contributed by atoms with E-state index in [1.54, 1.807) is 0 Å². The average molecular weight is 389 g/mol. The van der Waals surface area contributed by atoms with Gasteiger partial charge in [0.25, 0.3) is 5.91 Å². The van der Waals surface area contributed by atoms with Gasteiger partial charge in [0.15, 0.2) is 0 Å². The number of nitrogens with one attached hydrogen (secondary N) is 1. The van der Waals surface area contributed by atoms with E-state index in [2.05, 4.69) is 21.2 Å². The molecule has 21 heavy (non-hydrogen) atoms. The molecule has 0 saturated carbocycles. The van der Waals surface area contributed by atoms with Crippen molar-refractivity contribution in [1.82, 2.24) is 5.32 Å². The van der Waals surface area contributed by atoms with Crippen LogP contribution in [0, 0.1) is 0 Å². The number of nitrogens with two attached hydrogens (primary N) is 1. The van der Waals surface area contributed by atoms with Crippen LogP contribution in [0.1, 0.15) is 23.2 Å². The molecule has 118 valence electrons. The number of primary sulfonamides is 1. The monoisotopic (exact) mass is 388 g/mol. The van der Waals surface area contributed by atoms with Gasteiger partial charge in [0.1, 0.15) is 0 Å². The second-order valence-corrected chi connectivity index (χ2v) is 6.58. The highest BCUT2D eigenvalue weighted by atomic mass is 79.9. The number of halogens is 4. The summed E-state index contributed by atoms with van der Waals surface area (Å²) >= 11 is 3.06. The van der Waals surface area contributed by atoms with Crippen LogP contribution < -0.4 is 10.5 Å². The second-order valence-electron chi connectivity index (χ2n) is 4.16. The molecule has 10 heteroatoms. The van der Waals surface area contributed by atoms with Gasteiger partial charge in [-0.25, -0.2) is 13.6 Å². The molecule has 0 aliphatic heterocycles. The zero-order valence-corrected chi connectivity index (χ0v) is 13.0. The van der Waals surface area contributed by atoms with Gasteiger partial charge < -0.3 is 5.32 Å². The largest absolute Gasteiger partial charge is 0.389 e. The molecule has 0 aliphatic carbocycles. The molecule has 0 aliphatic rings. The standard InChI is InChI=1S/C11H12BrF3N2O3S/c12-9-3-2-7(21(16,19)20)6-8(9)10(18)17-5-1-4-11(13,14)15/h2-3,6H,1,4-5H2,(H,17,18)(H2,16,19,20). The summed E-state index contributed by atoms with van der Waals surface area (Å²) < 4.78 is 58.6. The van der Waals surface area contributed by atoms with Gasteiger partial charge in [-0.05, 0) is 40.5 Å². The SMILES string of the molecule is NS(=O)(=O)c1ccc(Br)c(C(=O)NCCCC(F)(F)F)c1. The minimum Gasteiger partial charge on any atom is -0.352 e. The van der Waals surface area contributed by atoms with E-state index in [4.69, 9.17) is 5.14 Å². The van der Waals surface area contributed by atoms with Crippen LogP contribution in [0.3, 0.4) is 0 Å². The van der Waals surface area contributed by atoms with Crippen molar-refractivity contribution in [2.45, 2.75) is 23.9 Å². The highest BCUT2D eigenvalue weighted by Crippen LogP contribution is 2.22. The molecule has 1 aromatic carbocycles. The lowest BCUT2D eigenvalue weighted by Gasteiger charge is -2.09.